The van der Waals surface area contributed by atoms with Gasteiger partial charge >= 0.3 is 0 Å². The van der Waals surface area contributed by atoms with Crippen molar-refractivity contribution in [2.24, 2.45) is 0 Å². The van der Waals surface area contributed by atoms with Crippen LogP contribution in [0.4, 0.5) is 17.5 Å². The number of fused-ring (bicyclic) bond motifs is 1. The fourth-order valence-electron chi connectivity index (χ4n) is 3.50. The van der Waals surface area contributed by atoms with Gasteiger partial charge in [-0.15, -0.1) is 10.2 Å². The first-order chi connectivity index (χ1) is 16.1. The summed E-state index contributed by atoms with van der Waals surface area (Å²) in [6.07, 6.45) is 3.08. The molecule has 1 aliphatic heterocycles. The van der Waals surface area contributed by atoms with Gasteiger partial charge in [-0.3, -0.25) is 4.79 Å². The number of nitrogens with zero attached hydrogens (tertiary/aromatic N) is 5. The van der Waals surface area contributed by atoms with Crippen molar-refractivity contribution in [3.63, 3.8) is 0 Å². The Bertz CT molecular complexity index is 1310. The molecule has 166 valence electrons. The normalized spacial score (nSPS) is 13.3. The summed E-state index contributed by atoms with van der Waals surface area (Å²) in [5.41, 5.74) is 3.21. The number of rotatable bonds is 7. The number of nitrogens with one attached hydrogen (secondary N) is 3. The summed E-state index contributed by atoms with van der Waals surface area (Å²) in [4.78, 5) is 24.8. The van der Waals surface area contributed by atoms with Gasteiger partial charge in [-0.1, -0.05) is 30.3 Å². The fraction of sp³-hybridized carbons (Fsp3) is 0.182. The maximum absolute atomic E-state index is 11.7. The van der Waals surface area contributed by atoms with E-state index in [4.69, 9.17) is 4.42 Å². The number of carbonyl (C=O) groups excluding carboxylic acids is 1. The highest BCUT2D eigenvalue weighted by molar-refractivity contribution is 5.97. The second-order valence-corrected chi connectivity index (χ2v) is 7.39. The Morgan fingerprint density at radius 3 is 2.73 bits per heavy atom. The molecule has 0 radical (unpaired) electrons. The third-order valence-corrected chi connectivity index (χ3v) is 5.14. The third-order valence-electron chi connectivity index (χ3n) is 5.14. The Morgan fingerprint density at radius 2 is 1.97 bits per heavy atom. The van der Waals surface area contributed by atoms with E-state index in [2.05, 4.69) is 41.1 Å². The number of aromatic nitrogens is 5. The number of amides is 1. The zero-order valence-electron chi connectivity index (χ0n) is 17.6. The molecule has 5 rings (SSSR count). The molecule has 0 unspecified atom stereocenters. The summed E-state index contributed by atoms with van der Waals surface area (Å²) in [5, 5.41) is 27.1. The molecular weight excluding hydrogens is 424 g/mol. The Hall–Kier alpha value is -4.38. The van der Waals surface area contributed by atoms with Crippen LogP contribution < -0.4 is 16.0 Å². The first kappa shape index (κ1) is 20.5. The molecule has 11 nitrogen and oxygen atoms in total. The third kappa shape index (κ3) is 4.21. The second-order valence-electron chi connectivity index (χ2n) is 7.39. The molecule has 11 heteroatoms. The zero-order valence-corrected chi connectivity index (χ0v) is 17.6. The van der Waals surface area contributed by atoms with E-state index in [1.54, 1.807) is 19.2 Å². The van der Waals surface area contributed by atoms with E-state index < -0.39 is 0 Å². The topological polar surface area (TPSA) is 151 Å². The quantitative estimate of drug-likeness (QED) is 0.334. The molecule has 33 heavy (non-hydrogen) atoms. The van der Waals surface area contributed by atoms with Gasteiger partial charge in [0.2, 0.25) is 11.8 Å². The van der Waals surface area contributed by atoms with E-state index >= 15 is 0 Å². The van der Waals surface area contributed by atoms with E-state index in [1.807, 2.05) is 30.3 Å². The molecule has 0 saturated heterocycles. The lowest BCUT2D eigenvalue weighted by atomic mass is 10.1. The van der Waals surface area contributed by atoms with Gasteiger partial charge in [0.05, 0.1) is 41.7 Å². The van der Waals surface area contributed by atoms with Gasteiger partial charge in [0.1, 0.15) is 5.82 Å². The standard InChI is InChI=1S/C22H20N8O3/c1-12-29-30-21(33-12)15-9-23-19(28-22-25-8-14-17(27-22)10-24-20(14)32)7-16(15)26-18(11-31)13-5-3-2-4-6-13/h2-9,18,31H,10-11H2,1H3,(H,24,32)(H2,23,25,26,27,28)/t18-/m1/s1. The summed E-state index contributed by atoms with van der Waals surface area (Å²) >= 11 is 0. The van der Waals surface area contributed by atoms with Crippen LogP contribution in [0.25, 0.3) is 11.5 Å². The summed E-state index contributed by atoms with van der Waals surface area (Å²) in [7, 11) is 0. The first-order valence-corrected chi connectivity index (χ1v) is 10.2. The van der Waals surface area contributed by atoms with Gasteiger partial charge in [0.15, 0.2) is 0 Å². The minimum Gasteiger partial charge on any atom is -0.421 e. The largest absolute Gasteiger partial charge is 0.421 e. The second kappa shape index (κ2) is 8.63. The monoisotopic (exact) mass is 444 g/mol. The Labute approximate surface area is 188 Å². The zero-order chi connectivity index (χ0) is 22.8. The molecule has 0 aliphatic carbocycles. The number of aryl methyl sites for hydroxylation is 1. The van der Waals surface area contributed by atoms with Crippen LogP contribution in [0.1, 0.15) is 33.5 Å². The number of carbonyl (C=O) groups is 1. The maximum Gasteiger partial charge on any atom is 0.255 e. The van der Waals surface area contributed by atoms with Gasteiger partial charge in [-0.2, -0.15) is 0 Å². The van der Waals surface area contributed by atoms with E-state index in [0.29, 0.717) is 52.6 Å². The number of benzene rings is 1. The van der Waals surface area contributed by atoms with E-state index in [1.165, 1.54) is 6.20 Å². The molecule has 1 aromatic carbocycles. The molecule has 4 N–H and O–H groups in total. The fourth-order valence-corrected chi connectivity index (χ4v) is 3.50. The van der Waals surface area contributed by atoms with Gasteiger partial charge in [0.25, 0.3) is 11.8 Å². The number of hydrogen-bond donors (Lipinski definition) is 4. The van der Waals surface area contributed by atoms with Crippen LogP contribution in [-0.4, -0.2) is 42.8 Å². The van der Waals surface area contributed by atoms with Crippen molar-refractivity contribution in [3.05, 3.63) is 71.5 Å². The van der Waals surface area contributed by atoms with Crippen molar-refractivity contribution < 1.29 is 14.3 Å². The molecule has 0 bridgehead atoms. The van der Waals surface area contributed by atoms with Gasteiger partial charge in [-0.25, -0.2) is 15.0 Å². The maximum atomic E-state index is 11.7. The van der Waals surface area contributed by atoms with Gasteiger partial charge < -0.3 is 25.5 Å². The molecule has 4 aromatic rings. The number of pyridine rings is 1. The smallest absolute Gasteiger partial charge is 0.255 e. The van der Waals surface area contributed by atoms with Crippen LogP contribution in [0.15, 0.2) is 53.2 Å². The van der Waals surface area contributed by atoms with E-state index in [9.17, 15) is 9.90 Å². The molecule has 1 atom stereocenters. The lowest BCUT2D eigenvalue weighted by molar-refractivity contribution is 0.0965. The number of aliphatic hydroxyl groups excluding tert-OH is 1. The van der Waals surface area contributed by atoms with Gasteiger partial charge in [-0.05, 0) is 5.56 Å². The van der Waals surface area contributed by atoms with Crippen LogP contribution in [-0.2, 0) is 6.54 Å². The highest BCUT2D eigenvalue weighted by atomic mass is 16.4. The number of anilines is 3. The van der Waals surface area contributed by atoms with Crippen LogP contribution in [0, 0.1) is 6.92 Å². The molecule has 1 amide bonds. The average molecular weight is 444 g/mol. The lowest BCUT2D eigenvalue weighted by Crippen LogP contribution is -2.15. The highest BCUT2D eigenvalue weighted by Crippen LogP contribution is 2.32. The summed E-state index contributed by atoms with van der Waals surface area (Å²) < 4.78 is 5.60. The van der Waals surface area contributed by atoms with Crippen molar-refractivity contribution >= 4 is 23.4 Å². The Morgan fingerprint density at radius 1 is 1.15 bits per heavy atom. The average Bonchev–Trinajstić information content (AvgIpc) is 3.43. The predicted octanol–water partition coefficient (Wildman–Crippen LogP) is 2.36. The first-order valence-electron chi connectivity index (χ1n) is 10.2. The molecule has 0 saturated carbocycles. The lowest BCUT2D eigenvalue weighted by Gasteiger charge is -2.20. The molecule has 3 aromatic heterocycles. The highest BCUT2D eigenvalue weighted by Gasteiger charge is 2.22. The minimum atomic E-state index is -0.377. The van der Waals surface area contributed by atoms with Crippen LogP contribution >= 0.6 is 0 Å². The Balaban J connectivity index is 1.48. The van der Waals surface area contributed by atoms with Crippen LogP contribution in [0.2, 0.25) is 0 Å². The SMILES string of the molecule is Cc1nnc(-c2cnc(Nc3ncc4c(n3)CNC4=O)cc2N[C@H](CO)c2ccccc2)o1. The number of aliphatic hydroxyl groups is 1. The van der Waals surface area contributed by atoms with Crippen LogP contribution in [0.3, 0.4) is 0 Å². The van der Waals surface area contributed by atoms with Crippen molar-refractivity contribution in [2.45, 2.75) is 19.5 Å². The minimum absolute atomic E-state index is 0.133. The number of hydrogen-bond acceptors (Lipinski definition) is 10. The molecule has 0 fully saturated rings. The van der Waals surface area contributed by atoms with E-state index in [0.717, 1.165) is 5.56 Å². The molecular formula is C22H20N8O3. The molecule has 4 heterocycles. The summed E-state index contributed by atoms with van der Waals surface area (Å²) in [5.74, 6) is 1.31. The van der Waals surface area contributed by atoms with Crippen molar-refractivity contribution in [1.82, 2.24) is 30.5 Å². The Kier molecular flexibility index (Phi) is 5.37. The van der Waals surface area contributed by atoms with Crippen molar-refractivity contribution in [2.75, 3.05) is 17.2 Å². The summed E-state index contributed by atoms with van der Waals surface area (Å²) in [6.45, 7) is 1.93. The van der Waals surface area contributed by atoms with Gasteiger partial charge in [0, 0.05) is 25.4 Å². The van der Waals surface area contributed by atoms with Crippen molar-refractivity contribution in [1.29, 1.82) is 0 Å². The summed E-state index contributed by atoms with van der Waals surface area (Å²) in [6, 6.07) is 11.0. The van der Waals surface area contributed by atoms with E-state index in [-0.39, 0.29) is 18.6 Å². The van der Waals surface area contributed by atoms with Crippen molar-refractivity contribution in [3.8, 4) is 11.5 Å². The molecule has 1 aliphatic rings. The molecule has 0 spiro atoms. The predicted molar refractivity (Wildman–Crippen MR) is 119 cm³/mol. The van der Waals surface area contributed by atoms with Crippen LogP contribution in [0.5, 0.6) is 0 Å².